The summed E-state index contributed by atoms with van der Waals surface area (Å²) in [5.41, 5.74) is 8.12. The summed E-state index contributed by atoms with van der Waals surface area (Å²) in [4.78, 5) is 9.62. The van der Waals surface area contributed by atoms with Crippen molar-refractivity contribution in [3.8, 4) is 22.4 Å². The van der Waals surface area contributed by atoms with E-state index in [1.807, 2.05) is 24.4 Å². The number of aromatic nitrogens is 2. The number of furan rings is 1. The van der Waals surface area contributed by atoms with Crippen molar-refractivity contribution in [2.75, 3.05) is 0 Å². The average Bonchev–Trinajstić information content (AvgIpc) is 3.35. The molecule has 8 aromatic rings. The molecule has 0 amide bonds. The molecule has 0 fully saturated rings. The van der Waals surface area contributed by atoms with Crippen LogP contribution in [-0.4, -0.2) is 9.97 Å². The van der Waals surface area contributed by atoms with E-state index in [2.05, 4.69) is 102 Å². The van der Waals surface area contributed by atoms with Gasteiger partial charge in [-0.15, -0.1) is 0 Å². The Hall–Kier alpha value is -5.02. The zero-order valence-electron chi connectivity index (χ0n) is 19.8. The zero-order chi connectivity index (χ0) is 24.3. The van der Waals surface area contributed by atoms with Crippen LogP contribution in [0.15, 0.2) is 126 Å². The fourth-order valence-electron chi connectivity index (χ4n) is 5.49. The average molecular weight is 473 g/mol. The maximum Gasteiger partial charge on any atom is 0.143 e. The summed E-state index contributed by atoms with van der Waals surface area (Å²) in [6.07, 6.45) is 1.83. The number of hydrogen-bond acceptors (Lipinski definition) is 3. The molecule has 0 N–H and O–H groups in total. The smallest absolute Gasteiger partial charge is 0.143 e. The normalized spacial score (nSPS) is 11.8. The third-order valence-electron chi connectivity index (χ3n) is 7.31. The maximum absolute atomic E-state index is 6.29. The fraction of sp³-hybridized carbons (Fsp3) is 0. The van der Waals surface area contributed by atoms with Crippen LogP contribution < -0.4 is 0 Å². The van der Waals surface area contributed by atoms with Gasteiger partial charge in [-0.2, -0.15) is 0 Å². The van der Waals surface area contributed by atoms with Crippen LogP contribution in [0.25, 0.3) is 76.9 Å². The van der Waals surface area contributed by atoms with Crippen LogP contribution in [-0.2, 0) is 0 Å². The van der Waals surface area contributed by atoms with E-state index in [0.29, 0.717) is 0 Å². The Bertz CT molecular complexity index is 2140. The standard InChI is InChI=1S/C34H20N2O/c1-2-9-27-25(7-1)28(20-29-26-8-3-4-10-31(26)37-34(27)29)21-11-13-22(14-12-21)30-18-17-24-16-15-23-6-5-19-35-32(23)33(24)36-30/h1-20H. The van der Waals surface area contributed by atoms with Gasteiger partial charge in [0, 0.05) is 38.7 Å². The van der Waals surface area contributed by atoms with Crippen LogP contribution in [0.4, 0.5) is 0 Å². The van der Waals surface area contributed by atoms with Gasteiger partial charge >= 0.3 is 0 Å². The number of nitrogens with zero attached hydrogens (tertiary/aromatic N) is 2. The van der Waals surface area contributed by atoms with Crippen molar-refractivity contribution in [1.29, 1.82) is 0 Å². The van der Waals surface area contributed by atoms with Crippen molar-refractivity contribution >= 4 is 54.5 Å². The number of benzene rings is 5. The molecule has 8 rings (SSSR count). The van der Waals surface area contributed by atoms with Crippen molar-refractivity contribution in [2.45, 2.75) is 0 Å². The lowest BCUT2D eigenvalue weighted by molar-refractivity contribution is 0.672. The molecule has 0 saturated carbocycles. The molecule has 37 heavy (non-hydrogen) atoms. The topological polar surface area (TPSA) is 38.9 Å². The Morgan fingerprint density at radius 1 is 0.514 bits per heavy atom. The van der Waals surface area contributed by atoms with E-state index in [4.69, 9.17) is 9.40 Å². The number of pyridine rings is 2. The minimum atomic E-state index is 0.916. The predicted octanol–water partition coefficient (Wildman–Crippen LogP) is 9.17. The highest BCUT2D eigenvalue weighted by molar-refractivity contribution is 6.19. The Balaban J connectivity index is 1.29. The molecule has 0 bridgehead atoms. The van der Waals surface area contributed by atoms with Crippen molar-refractivity contribution in [3.63, 3.8) is 0 Å². The Labute approximate surface area is 212 Å². The third kappa shape index (κ3) is 3.08. The highest BCUT2D eigenvalue weighted by atomic mass is 16.3. The highest BCUT2D eigenvalue weighted by Crippen LogP contribution is 2.40. The highest BCUT2D eigenvalue weighted by Gasteiger charge is 2.15. The van der Waals surface area contributed by atoms with Gasteiger partial charge in [0.05, 0.1) is 16.7 Å². The first kappa shape index (κ1) is 20.2. The molecular weight excluding hydrogens is 452 g/mol. The fourth-order valence-corrected chi connectivity index (χ4v) is 5.49. The molecular formula is C34H20N2O. The predicted molar refractivity (Wildman–Crippen MR) is 153 cm³/mol. The second-order valence-electron chi connectivity index (χ2n) is 9.43. The monoisotopic (exact) mass is 472 g/mol. The maximum atomic E-state index is 6.29. The van der Waals surface area contributed by atoms with Crippen molar-refractivity contribution < 1.29 is 4.42 Å². The Kier molecular flexibility index (Phi) is 4.23. The lowest BCUT2D eigenvalue weighted by Crippen LogP contribution is -1.89. The van der Waals surface area contributed by atoms with E-state index in [0.717, 1.165) is 60.4 Å². The molecule has 5 aromatic carbocycles. The summed E-state index contributed by atoms with van der Waals surface area (Å²) < 4.78 is 6.29. The van der Waals surface area contributed by atoms with Crippen LogP contribution in [0.2, 0.25) is 0 Å². The van der Waals surface area contributed by atoms with Crippen molar-refractivity contribution in [3.05, 3.63) is 121 Å². The van der Waals surface area contributed by atoms with Gasteiger partial charge in [-0.05, 0) is 40.8 Å². The zero-order valence-corrected chi connectivity index (χ0v) is 19.8. The largest absolute Gasteiger partial charge is 0.455 e. The summed E-state index contributed by atoms with van der Waals surface area (Å²) in [6, 6.07) is 40.2. The molecule has 0 aliphatic heterocycles. The Morgan fingerprint density at radius 3 is 2.08 bits per heavy atom. The molecule has 3 heteroatoms. The summed E-state index contributed by atoms with van der Waals surface area (Å²) in [6.45, 7) is 0. The van der Waals surface area contributed by atoms with Crippen LogP contribution >= 0.6 is 0 Å². The summed E-state index contributed by atoms with van der Waals surface area (Å²) in [5, 5.41) is 6.79. The van der Waals surface area contributed by atoms with Gasteiger partial charge in [0.1, 0.15) is 11.2 Å². The molecule has 0 aliphatic carbocycles. The van der Waals surface area contributed by atoms with Gasteiger partial charge < -0.3 is 4.42 Å². The van der Waals surface area contributed by atoms with E-state index < -0.39 is 0 Å². The van der Waals surface area contributed by atoms with E-state index >= 15 is 0 Å². The molecule has 0 unspecified atom stereocenters. The Morgan fingerprint density at radius 2 is 1.22 bits per heavy atom. The summed E-state index contributed by atoms with van der Waals surface area (Å²) >= 11 is 0. The first-order chi connectivity index (χ1) is 18.3. The van der Waals surface area contributed by atoms with Gasteiger partial charge in [-0.1, -0.05) is 91.0 Å². The van der Waals surface area contributed by atoms with Crippen LogP contribution in [0.3, 0.4) is 0 Å². The second kappa shape index (κ2) is 7.74. The van der Waals surface area contributed by atoms with Gasteiger partial charge in [-0.25, -0.2) is 4.98 Å². The minimum absolute atomic E-state index is 0.916. The van der Waals surface area contributed by atoms with Crippen LogP contribution in [0.1, 0.15) is 0 Å². The van der Waals surface area contributed by atoms with Gasteiger partial charge in [0.25, 0.3) is 0 Å². The van der Waals surface area contributed by atoms with E-state index in [-0.39, 0.29) is 0 Å². The van der Waals surface area contributed by atoms with Crippen LogP contribution in [0.5, 0.6) is 0 Å². The van der Waals surface area contributed by atoms with Crippen molar-refractivity contribution in [2.24, 2.45) is 0 Å². The van der Waals surface area contributed by atoms with E-state index in [1.54, 1.807) is 0 Å². The summed E-state index contributed by atoms with van der Waals surface area (Å²) in [5.74, 6) is 0. The molecule has 0 atom stereocenters. The first-order valence-electron chi connectivity index (χ1n) is 12.4. The number of rotatable bonds is 2. The SMILES string of the molecule is c1cnc2c(c1)ccc1ccc(-c3ccc(-c4cc5c6ccccc6oc5c5ccccc45)cc3)nc12. The van der Waals surface area contributed by atoms with Crippen LogP contribution in [0, 0.1) is 0 Å². The first-order valence-corrected chi connectivity index (χ1v) is 12.4. The lowest BCUT2D eigenvalue weighted by Gasteiger charge is -2.10. The molecule has 0 spiro atoms. The number of fused-ring (bicyclic) bond motifs is 8. The van der Waals surface area contributed by atoms with Crippen molar-refractivity contribution in [1.82, 2.24) is 9.97 Å². The quantitative estimate of drug-likeness (QED) is 0.235. The van der Waals surface area contributed by atoms with E-state index in [1.165, 1.54) is 16.5 Å². The molecule has 0 radical (unpaired) electrons. The number of para-hydroxylation sites is 1. The molecule has 3 heterocycles. The minimum Gasteiger partial charge on any atom is -0.455 e. The molecule has 172 valence electrons. The number of hydrogen-bond donors (Lipinski definition) is 0. The molecule has 3 nitrogen and oxygen atoms in total. The third-order valence-corrected chi connectivity index (χ3v) is 7.31. The second-order valence-corrected chi connectivity index (χ2v) is 9.43. The molecule has 0 aliphatic rings. The van der Waals surface area contributed by atoms with E-state index in [9.17, 15) is 0 Å². The summed E-state index contributed by atoms with van der Waals surface area (Å²) in [7, 11) is 0. The molecule has 3 aromatic heterocycles. The lowest BCUT2D eigenvalue weighted by atomic mass is 9.94. The van der Waals surface area contributed by atoms with Gasteiger partial charge in [0.2, 0.25) is 0 Å². The van der Waals surface area contributed by atoms with Gasteiger partial charge in [0.15, 0.2) is 0 Å². The molecule has 0 saturated heterocycles. The van der Waals surface area contributed by atoms with Gasteiger partial charge in [-0.3, -0.25) is 4.98 Å².